The lowest BCUT2D eigenvalue weighted by Crippen LogP contribution is -2.14. The third-order valence-corrected chi connectivity index (χ3v) is 4.51. The van der Waals surface area contributed by atoms with Crippen LogP contribution in [0.25, 0.3) is 5.70 Å². The molecule has 2 N–H and O–H groups in total. The summed E-state index contributed by atoms with van der Waals surface area (Å²) in [6.45, 7) is 5.01. The van der Waals surface area contributed by atoms with E-state index in [0.29, 0.717) is 5.92 Å². The normalized spacial score (nSPS) is 16.6. The molecule has 0 heterocycles. The van der Waals surface area contributed by atoms with Gasteiger partial charge >= 0.3 is 0 Å². The monoisotopic (exact) mass is 278 g/mol. The van der Waals surface area contributed by atoms with E-state index in [2.05, 4.69) is 48.9 Å². The van der Waals surface area contributed by atoms with Crippen LogP contribution in [0, 0.1) is 0 Å². The maximum absolute atomic E-state index is 5.84. The molecular weight excluding hydrogens is 256 g/mol. The highest BCUT2D eigenvalue weighted by molar-refractivity contribution is 5.77. The summed E-state index contributed by atoms with van der Waals surface area (Å²) < 4.78 is 0. The summed E-state index contributed by atoms with van der Waals surface area (Å²) in [4.78, 5) is 2.14. The molecule has 0 fully saturated rings. The van der Waals surface area contributed by atoms with E-state index in [4.69, 9.17) is 5.73 Å². The van der Waals surface area contributed by atoms with E-state index >= 15 is 0 Å². The Morgan fingerprint density at radius 2 is 2.00 bits per heavy atom. The fourth-order valence-corrected chi connectivity index (χ4v) is 3.13. The van der Waals surface area contributed by atoms with Crippen molar-refractivity contribution >= 4 is 11.4 Å². The lowest BCUT2D eigenvalue weighted by Gasteiger charge is -2.22. The molecule has 1 aliphatic rings. The van der Waals surface area contributed by atoms with Crippen molar-refractivity contribution in [3.05, 3.63) is 71.8 Å². The smallest absolute Gasteiger partial charge is 0.0408 e. The second kappa shape index (κ2) is 5.74. The maximum Gasteiger partial charge on any atom is 0.0408 e. The van der Waals surface area contributed by atoms with E-state index in [9.17, 15) is 0 Å². The van der Waals surface area contributed by atoms with Gasteiger partial charge in [-0.25, -0.2) is 0 Å². The van der Waals surface area contributed by atoms with Gasteiger partial charge in [-0.3, -0.25) is 0 Å². The van der Waals surface area contributed by atoms with Gasteiger partial charge < -0.3 is 10.6 Å². The number of rotatable bonds is 4. The average molecular weight is 278 g/mol. The van der Waals surface area contributed by atoms with Crippen LogP contribution in [-0.2, 0) is 6.42 Å². The lowest BCUT2D eigenvalue weighted by molar-refractivity contribution is 0.688. The van der Waals surface area contributed by atoms with E-state index in [-0.39, 0.29) is 0 Å². The molecule has 0 aliphatic heterocycles. The number of nitrogens with zero attached hydrogens (tertiary/aromatic N) is 1. The Bertz CT molecular complexity index is 646. The minimum absolute atomic E-state index is 0.536. The Labute approximate surface area is 126 Å². The van der Waals surface area contributed by atoms with E-state index in [0.717, 1.165) is 24.4 Å². The molecule has 3 rings (SSSR count). The molecule has 2 nitrogen and oxygen atoms in total. The molecule has 1 atom stereocenters. The summed E-state index contributed by atoms with van der Waals surface area (Å²) in [6.07, 6.45) is 2.31. The summed E-state index contributed by atoms with van der Waals surface area (Å²) in [5, 5.41) is 0. The second-order valence-corrected chi connectivity index (χ2v) is 5.73. The zero-order valence-electron chi connectivity index (χ0n) is 12.5. The molecule has 21 heavy (non-hydrogen) atoms. The predicted molar refractivity (Wildman–Crippen MR) is 90.4 cm³/mol. The third kappa shape index (κ3) is 2.59. The highest BCUT2D eigenvalue weighted by atomic mass is 15.1. The minimum Gasteiger partial charge on any atom is -0.345 e. The van der Waals surface area contributed by atoms with Crippen molar-refractivity contribution in [1.82, 2.24) is 0 Å². The SMILES string of the molecule is C=C(c1ccc2c(c1)CCC2CN)N(C)c1ccccc1. The van der Waals surface area contributed by atoms with Gasteiger partial charge in [-0.2, -0.15) is 0 Å². The van der Waals surface area contributed by atoms with Crippen molar-refractivity contribution in [1.29, 1.82) is 0 Å². The molecule has 2 heteroatoms. The van der Waals surface area contributed by atoms with Crippen LogP contribution < -0.4 is 10.6 Å². The van der Waals surface area contributed by atoms with Crippen molar-refractivity contribution in [3.63, 3.8) is 0 Å². The van der Waals surface area contributed by atoms with Crippen molar-refractivity contribution in [2.45, 2.75) is 18.8 Å². The first kappa shape index (κ1) is 13.9. The van der Waals surface area contributed by atoms with E-state index < -0.39 is 0 Å². The summed E-state index contributed by atoms with van der Waals surface area (Å²) in [5.74, 6) is 0.536. The van der Waals surface area contributed by atoms with Crippen molar-refractivity contribution < 1.29 is 0 Å². The summed E-state index contributed by atoms with van der Waals surface area (Å²) in [6, 6.07) is 17.0. The van der Waals surface area contributed by atoms with Gasteiger partial charge in [-0.1, -0.05) is 36.9 Å². The molecule has 2 aromatic rings. The molecular formula is C19H22N2. The first-order valence-electron chi connectivity index (χ1n) is 7.51. The summed E-state index contributed by atoms with van der Waals surface area (Å²) in [5.41, 5.74) is 12.1. The van der Waals surface area contributed by atoms with Gasteiger partial charge in [0.15, 0.2) is 0 Å². The van der Waals surface area contributed by atoms with Gasteiger partial charge in [0.1, 0.15) is 0 Å². The van der Waals surface area contributed by atoms with Crippen molar-refractivity contribution in [2.24, 2.45) is 5.73 Å². The Hall–Kier alpha value is -2.06. The molecule has 0 radical (unpaired) electrons. The molecule has 0 amide bonds. The van der Waals surface area contributed by atoms with Gasteiger partial charge in [0.05, 0.1) is 0 Å². The number of para-hydroxylation sites is 1. The number of fused-ring (bicyclic) bond motifs is 1. The number of nitrogens with two attached hydrogens (primary N) is 1. The van der Waals surface area contributed by atoms with Crippen LogP contribution in [0.3, 0.4) is 0 Å². The topological polar surface area (TPSA) is 29.3 Å². The Morgan fingerprint density at radius 3 is 2.71 bits per heavy atom. The molecule has 0 spiro atoms. The quantitative estimate of drug-likeness (QED) is 0.922. The first-order chi connectivity index (χ1) is 10.2. The Balaban J connectivity index is 1.86. The average Bonchev–Trinajstić information content (AvgIpc) is 2.96. The Kier molecular flexibility index (Phi) is 3.80. The second-order valence-electron chi connectivity index (χ2n) is 5.73. The highest BCUT2D eigenvalue weighted by Gasteiger charge is 2.21. The molecule has 0 aromatic heterocycles. The third-order valence-electron chi connectivity index (χ3n) is 4.51. The molecule has 108 valence electrons. The molecule has 1 unspecified atom stereocenters. The number of benzene rings is 2. The number of anilines is 1. The zero-order chi connectivity index (χ0) is 14.8. The van der Waals surface area contributed by atoms with Crippen LogP contribution in [0.2, 0.25) is 0 Å². The van der Waals surface area contributed by atoms with Crippen LogP contribution >= 0.6 is 0 Å². The van der Waals surface area contributed by atoms with Gasteiger partial charge in [-0.05, 0) is 60.2 Å². The highest BCUT2D eigenvalue weighted by Crippen LogP contribution is 2.34. The molecule has 0 saturated carbocycles. The van der Waals surface area contributed by atoms with E-state index in [1.165, 1.54) is 23.1 Å². The van der Waals surface area contributed by atoms with Crippen LogP contribution in [0.1, 0.15) is 29.0 Å². The van der Waals surface area contributed by atoms with Crippen LogP contribution in [0.4, 0.5) is 5.69 Å². The number of aryl methyl sites for hydroxylation is 1. The zero-order valence-corrected chi connectivity index (χ0v) is 12.5. The number of hydrogen-bond donors (Lipinski definition) is 1. The van der Waals surface area contributed by atoms with Gasteiger partial charge in [0.25, 0.3) is 0 Å². The Morgan fingerprint density at radius 1 is 1.24 bits per heavy atom. The predicted octanol–water partition coefficient (Wildman–Crippen LogP) is 3.78. The van der Waals surface area contributed by atoms with E-state index in [1.807, 2.05) is 18.2 Å². The van der Waals surface area contributed by atoms with Crippen LogP contribution in [0.5, 0.6) is 0 Å². The van der Waals surface area contributed by atoms with Crippen molar-refractivity contribution in [2.75, 3.05) is 18.5 Å². The van der Waals surface area contributed by atoms with Gasteiger partial charge in [0.2, 0.25) is 0 Å². The van der Waals surface area contributed by atoms with Gasteiger partial charge in [0, 0.05) is 18.4 Å². The molecule has 1 aliphatic carbocycles. The van der Waals surface area contributed by atoms with Crippen LogP contribution in [0.15, 0.2) is 55.1 Å². The van der Waals surface area contributed by atoms with E-state index in [1.54, 1.807) is 0 Å². The minimum atomic E-state index is 0.536. The molecule has 2 aromatic carbocycles. The first-order valence-corrected chi connectivity index (χ1v) is 7.51. The summed E-state index contributed by atoms with van der Waals surface area (Å²) in [7, 11) is 2.06. The standard InChI is InChI=1S/C19H22N2/c1-14(21(2)18-6-4-3-5-7-18)15-10-11-19-16(12-15)8-9-17(19)13-20/h3-7,10-12,17H,1,8-9,13,20H2,2H3. The number of hydrogen-bond acceptors (Lipinski definition) is 2. The fraction of sp³-hybridized carbons (Fsp3) is 0.263. The largest absolute Gasteiger partial charge is 0.345 e. The fourth-order valence-electron chi connectivity index (χ4n) is 3.13. The summed E-state index contributed by atoms with van der Waals surface area (Å²) >= 11 is 0. The van der Waals surface area contributed by atoms with Gasteiger partial charge in [-0.15, -0.1) is 0 Å². The van der Waals surface area contributed by atoms with Crippen LogP contribution in [-0.4, -0.2) is 13.6 Å². The molecule has 0 saturated heterocycles. The maximum atomic E-state index is 5.84. The lowest BCUT2D eigenvalue weighted by atomic mass is 9.99. The molecule has 0 bridgehead atoms. The van der Waals surface area contributed by atoms with Crippen molar-refractivity contribution in [3.8, 4) is 0 Å².